The summed E-state index contributed by atoms with van der Waals surface area (Å²) < 4.78 is 5.10. The molecular weight excluding hydrogens is 318 g/mol. The summed E-state index contributed by atoms with van der Waals surface area (Å²) in [6.07, 6.45) is 0.466. The summed E-state index contributed by atoms with van der Waals surface area (Å²) >= 11 is 0. The first-order valence-corrected chi connectivity index (χ1v) is 8.14. The van der Waals surface area contributed by atoms with Crippen LogP contribution in [-0.2, 0) is 17.9 Å². The fourth-order valence-corrected chi connectivity index (χ4v) is 2.13. The summed E-state index contributed by atoms with van der Waals surface area (Å²) in [6.45, 7) is 2.72. The van der Waals surface area contributed by atoms with Gasteiger partial charge in [0.15, 0.2) is 0 Å². The summed E-state index contributed by atoms with van der Waals surface area (Å²) in [5.74, 6) is 0.795. The van der Waals surface area contributed by atoms with Gasteiger partial charge in [-0.1, -0.05) is 31.2 Å². The van der Waals surface area contributed by atoms with Gasteiger partial charge < -0.3 is 20.7 Å². The fraction of sp³-hybridized carbons (Fsp3) is 0.263. The van der Waals surface area contributed by atoms with Crippen LogP contribution in [0.1, 0.15) is 24.5 Å². The Labute approximate surface area is 147 Å². The highest BCUT2D eigenvalue weighted by Crippen LogP contribution is 2.12. The predicted molar refractivity (Wildman–Crippen MR) is 97.4 cm³/mol. The summed E-state index contributed by atoms with van der Waals surface area (Å²) in [5.41, 5.74) is 2.65. The molecule has 0 saturated heterocycles. The lowest BCUT2D eigenvalue weighted by molar-refractivity contribution is -0.120. The van der Waals surface area contributed by atoms with E-state index < -0.39 is 0 Å². The maximum Gasteiger partial charge on any atom is 0.319 e. The van der Waals surface area contributed by atoms with E-state index in [0.717, 1.165) is 16.9 Å². The summed E-state index contributed by atoms with van der Waals surface area (Å²) in [7, 11) is 1.61. The van der Waals surface area contributed by atoms with E-state index in [1.165, 1.54) is 0 Å². The lowest BCUT2D eigenvalue weighted by atomic mass is 10.2. The molecule has 0 spiro atoms. The molecule has 6 heteroatoms. The zero-order valence-corrected chi connectivity index (χ0v) is 14.5. The van der Waals surface area contributed by atoms with Crippen molar-refractivity contribution in [1.82, 2.24) is 10.6 Å². The summed E-state index contributed by atoms with van der Waals surface area (Å²) in [5, 5.41) is 8.38. The van der Waals surface area contributed by atoms with Gasteiger partial charge in [0.25, 0.3) is 0 Å². The van der Waals surface area contributed by atoms with Gasteiger partial charge in [0.1, 0.15) is 5.75 Å². The second-order valence-corrected chi connectivity index (χ2v) is 5.48. The molecule has 2 aromatic rings. The molecule has 6 nitrogen and oxygen atoms in total. The molecule has 0 aliphatic heterocycles. The number of benzene rings is 2. The maximum atomic E-state index is 11.9. The van der Waals surface area contributed by atoms with Crippen molar-refractivity contribution in [2.45, 2.75) is 26.4 Å². The van der Waals surface area contributed by atoms with Crippen LogP contribution in [0.2, 0.25) is 0 Å². The minimum atomic E-state index is -0.275. The molecule has 132 valence electrons. The normalized spacial score (nSPS) is 10.0. The molecule has 0 saturated carbocycles. The summed E-state index contributed by atoms with van der Waals surface area (Å²) in [6, 6.07) is 14.6. The van der Waals surface area contributed by atoms with Crippen molar-refractivity contribution in [3.63, 3.8) is 0 Å². The van der Waals surface area contributed by atoms with Crippen molar-refractivity contribution < 1.29 is 14.3 Å². The molecule has 0 atom stereocenters. The molecule has 0 radical (unpaired) electrons. The third-order valence-corrected chi connectivity index (χ3v) is 3.63. The zero-order chi connectivity index (χ0) is 18.1. The third kappa shape index (κ3) is 6.18. The fourth-order valence-electron chi connectivity index (χ4n) is 2.13. The minimum absolute atomic E-state index is 0.0140. The van der Waals surface area contributed by atoms with Crippen LogP contribution < -0.4 is 20.7 Å². The van der Waals surface area contributed by atoms with Gasteiger partial charge in [0.05, 0.1) is 7.11 Å². The molecule has 3 amide bonds. The smallest absolute Gasteiger partial charge is 0.319 e. The number of hydrogen-bond acceptors (Lipinski definition) is 3. The van der Waals surface area contributed by atoms with E-state index in [1.54, 1.807) is 19.2 Å². The Balaban J connectivity index is 1.78. The maximum absolute atomic E-state index is 11.9. The molecule has 0 heterocycles. The van der Waals surface area contributed by atoms with Crippen LogP contribution >= 0.6 is 0 Å². The first kappa shape index (κ1) is 18.3. The van der Waals surface area contributed by atoms with Crippen LogP contribution in [0.4, 0.5) is 10.5 Å². The van der Waals surface area contributed by atoms with Gasteiger partial charge in [0, 0.05) is 25.2 Å². The third-order valence-electron chi connectivity index (χ3n) is 3.63. The molecule has 0 aromatic heterocycles. The number of amides is 3. The van der Waals surface area contributed by atoms with Gasteiger partial charge in [-0.25, -0.2) is 4.79 Å². The Morgan fingerprint density at radius 3 is 2.00 bits per heavy atom. The standard InChI is InChI=1S/C19H23N3O3/c1-3-18(23)20-12-14-4-8-16(9-5-14)22-19(24)21-13-15-6-10-17(25-2)11-7-15/h4-11H,3,12-13H2,1-2H3,(H,20,23)(H2,21,22,24). The Kier molecular flexibility index (Phi) is 6.83. The molecule has 3 N–H and O–H groups in total. The van der Waals surface area contributed by atoms with E-state index >= 15 is 0 Å². The monoisotopic (exact) mass is 341 g/mol. The van der Waals surface area contributed by atoms with Gasteiger partial charge in [-0.05, 0) is 35.4 Å². The van der Waals surface area contributed by atoms with Crippen molar-refractivity contribution in [2.75, 3.05) is 12.4 Å². The van der Waals surface area contributed by atoms with Crippen molar-refractivity contribution in [3.8, 4) is 5.75 Å². The quantitative estimate of drug-likeness (QED) is 0.724. The number of rotatable bonds is 7. The Morgan fingerprint density at radius 1 is 0.880 bits per heavy atom. The average Bonchev–Trinajstić information content (AvgIpc) is 2.66. The largest absolute Gasteiger partial charge is 0.497 e. The van der Waals surface area contributed by atoms with E-state index in [4.69, 9.17) is 4.74 Å². The zero-order valence-electron chi connectivity index (χ0n) is 14.5. The van der Waals surface area contributed by atoms with E-state index in [1.807, 2.05) is 43.3 Å². The molecule has 0 aliphatic rings. The molecule has 0 aliphatic carbocycles. The van der Waals surface area contributed by atoms with Crippen molar-refractivity contribution >= 4 is 17.6 Å². The van der Waals surface area contributed by atoms with Crippen molar-refractivity contribution in [2.24, 2.45) is 0 Å². The molecular formula is C19H23N3O3. The number of nitrogens with one attached hydrogen (secondary N) is 3. The average molecular weight is 341 g/mol. The van der Waals surface area contributed by atoms with Crippen molar-refractivity contribution in [3.05, 3.63) is 59.7 Å². The Morgan fingerprint density at radius 2 is 1.44 bits per heavy atom. The second kappa shape index (κ2) is 9.32. The topological polar surface area (TPSA) is 79.5 Å². The molecule has 0 fully saturated rings. The number of carbonyl (C=O) groups excluding carboxylic acids is 2. The summed E-state index contributed by atoms with van der Waals surface area (Å²) in [4.78, 5) is 23.2. The van der Waals surface area contributed by atoms with Gasteiger partial charge in [0.2, 0.25) is 5.91 Å². The number of ether oxygens (including phenoxy) is 1. The highest BCUT2D eigenvalue weighted by Gasteiger charge is 2.03. The Bertz CT molecular complexity index is 697. The lowest BCUT2D eigenvalue weighted by Gasteiger charge is -2.09. The van der Waals surface area contributed by atoms with Gasteiger partial charge in [-0.2, -0.15) is 0 Å². The van der Waals surface area contributed by atoms with E-state index in [-0.39, 0.29) is 11.9 Å². The molecule has 0 unspecified atom stereocenters. The highest BCUT2D eigenvalue weighted by atomic mass is 16.5. The first-order chi connectivity index (χ1) is 12.1. The van der Waals surface area contributed by atoms with Gasteiger partial charge in [-0.15, -0.1) is 0 Å². The van der Waals surface area contributed by atoms with E-state index in [9.17, 15) is 9.59 Å². The van der Waals surface area contributed by atoms with Crippen LogP contribution in [0.5, 0.6) is 5.75 Å². The van der Waals surface area contributed by atoms with Crippen LogP contribution in [0, 0.1) is 0 Å². The van der Waals surface area contributed by atoms with Gasteiger partial charge in [-0.3, -0.25) is 4.79 Å². The van der Waals surface area contributed by atoms with Crippen LogP contribution in [0.3, 0.4) is 0 Å². The molecule has 0 bridgehead atoms. The predicted octanol–water partition coefficient (Wildman–Crippen LogP) is 3.04. The highest BCUT2D eigenvalue weighted by molar-refractivity contribution is 5.89. The number of urea groups is 1. The SMILES string of the molecule is CCC(=O)NCc1ccc(NC(=O)NCc2ccc(OC)cc2)cc1. The second-order valence-electron chi connectivity index (χ2n) is 5.48. The molecule has 25 heavy (non-hydrogen) atoms. The number of carbonyl (C=O) groups is 2. The number of methoxy groups -OCH3 is 1. The van der Waals surface area contributed by atoms with E-state index in [0.29, 0.717) is 25.2 Å². The van der Waals surface area contributed by atoms with E-state index in [2.05, 4.69) is 16.0 Å². The van der Waals surface area contributed by atoms with Crippen LogP contribution in [0.15, 0.2) is 48.5 Å². The van der Waals surface area contributed by atoms with Crippen molar-refractivity contribution in [1.29, 1.82) is 0 Å². The first-order valence-electron chi connectivity index (χ1n) is 8.14. The number of hydrogen-bond donors (Lipinski definition) is 3. The van der Waals surface area contributed by atoms with Gasteiger partial charge >= 0.3 is 6.03 Å². The minimum Gasteiger partial charge on any atom is -0.497 e. The van der Waals surface area contributed by atoms with Crippen LogP contribution in [0.25, 0.3) is 0 Å². The molecule has 2 aromatic carbocycles. The van der Waals surface area contributed by atoms with Crippen LogP contribution in [-0.4, -0.2) is 19.0 Å². The number of anilines is 1. The molecule has 2 rings (SSSR count). The Hall–Kier alpha value is -3.02. The lowest BCUT2D eigenvalue weighted by Crippen LogP contribution is -2.28.